The molecule has 0 aromatic rings. The molecule has 50 valence electrons. The number of amides is 2. The van der Waals surface area contributed by atoms with Crippen LogP contribution in [0.25, 0.3) is 0 Å². The molecular weight excluding hydrogens is 127 g/mol. The molecule has 9 heavy (non-hydrogen) atoms. The minimum absolute atomic E-state index is 0.225. The molecule has 0 aromatic carbocycles. The Hall–Kier alpha value is -1.39. The van der Waals surface area contributed by atoms with Crippen LogP contribution >= 0.6 is 0 Å². The summed E-state index contributed by atoms with van der Waals surface area (Å²) >= 11 is 0. The van der Waals surface area contributed by atoms with E-state index >= 15 is 0 Å². The predicted octanol–water partition coefficient (Wildman–Crippen LogP) is -0.971. The predicted molar refractivity (Wildman–Crippen MR) is 27.6 cm³/mol. The van der Waals surface area contributed by atoms with Crippen molar-refractivity contribution in [3.05, 3.63) is 12.0 Å². The molecule has 0 radical (unpaired) electrons. The summed E-state index contributed by atoms with van der Waals surface area (Å²) in [5.41, 5.74) is 4.44. The van der Waals surface area contributed by atoms with Crippen LogP contribution in [0.1, 0.15) is 0 Å². The number of hydrogen-bond donors (Lipinski definition) is 2. The fourth-order valence-electron chi connectivity index (χ4n) is 0.178. The molecule has 0 aliphatic rings. The summed E-state index contributed by atoms with van der Waals surface area (Å²) in [5.74, 6) is -2.38. The summed E-state index contributed by atoms with van der Waals surface area (Å²) in [7, 11) is 0. The van der Waals surface area contributed by atoms with Gasteiger partial charge in [-0.3, -0.25) is 9.59 Å². The van der Waals surface area contributed by atoms with Crippen molar-refractivity contribution in [1.29, 1.82) is 0 Å². The van der Waals surface area contributed by atoms with E-state index in [0.717, 1.165) is 0 Å². The maximum Gasteiger partial charge on any atom is 0.278 e. The number of primary amides is 1. The van der Waals surface area contributed by atoms with Crippen molar-refractivity contribution >= 4 is 12.3 Å². The number of halogens is 1. The molecule has 0 spiro atoms. The van der Waals surface area contributed by atoms with Crippen LogP contribution in [0.3, 0.4) is 0 Å². The van der Waals surface area contributed by atoms with E-state index in [9.17, 15) is 14.0 Å². The van der Waals surface area contributed by atoms with E-state index in [0.29, 0.717) is 6.20 Å². The van der Waals surface area contributed by atoms with Crippen LogP contribution in [0.15, 0.2) is 12.0 Å². The van der Waals surface area contributed by atoms with Gasteiger partial charge in [0.1, 0.15) is 0 Å². The summed E-state index contributed by atoms with van der Waals surface area (Å²) in [6.07, 6.45) is 0.803. The van der Waals surface area contributed by atoms with Gasteiger partial charge in [0.2, 0.25) is 12.2 Å². The van der Waals surface area contributed by atoms with Crippen LogP contribution in [0.5, 0.6) is 0 Å². The Morgan fingerprint density at radius 3 is 2.56 bits per heavy atom. The zero-order chi connectivity index (χ0) is 7.28. The van der Waals surface area contributed by atoms with Gasteiger partial charge in [0.15, 0.2) is 0 Å². The second-order valence-electron chi connectivity index (χ2n) is 1.14. The van der Waals surface area contributed by atoms with Gasteiger partial charge >= 0.3 is 0 Å². The number of hydrogen-bond acceptors (Lipinski definition) is 2. The summed E-state index contributed by atoms with van der Waals surface area (Å²) in [6, 6.07) is 0. The van der Waals surface area contributed by atoms with Gasteiger partial charge in [0, 0.05) is 6.20 Å². The molecule has 0 atom stereocenters. The second kappa shape index (κ2) is 3.59. The van der Waals surface area contributed by atoms with Crippen molar-refractivity contribution in [2.75, 3.05) is 0 Å². The summed E-state index contributed by atoms with van der Waals surface area (Å²) < 4.78 is 11.9. The summed E-state index contributed by atoms with van der Waals surface area (Å²) in [4.78, 5) is 19.3. The molecule has 0 fully saturated rings. The van der Waals surface area contributed by atoms with Crippen LogP contribution in [0.4, 0.5) is 4.39 Å². The highest BCUT2D eigenvalue weighted by Gasteiger charge is 1.99. The lowest BCUT2D eigenvalue weighted by Gasteiger charge is -1.86. The molecule has 4 nitrogen and oxygen atoms in total. The van der Waals surface area contributed by atoms with Crippen LogP contribution in [-0.2, 0) is 9.59 Å². The average molecular weight is 132 g/mol. The van der Waals surface area contributed by atoms with Crippen molar-refractivity contribution in [2.24, 2.45) is 5.73 Å². The third-order valence-corrected chi connectivity index (χ3v) is 0.513. The molecule has 3 N–H and O–H groups in total. The van der Waals surface area contributed by atoms with E-state index < -0.39 is 11.7 Å². The van der Waals surface area contributed by atoms with Crippen molar-refractivity contribution in [3.8, 4) is 0 Å². The molecule has 0 aliphatic heterocycles. The van der Waals surface area contributed by atoms with E-state index in [2.05, 4.69) is 5.73 Å². The van der Waals surface area contributed by atoms with Gasteiger partial charge < -0.3 is 11.1 Å². The lowest BCUT2D eigenvalue weighted by Crippen LogP contribution is -2.13. The highest BCUT2D eigenvalue weighted by molar-refractivity contribution is 5.89. The zero-order valence-corrected chi connectivity index (χ0v) is 4.43. The third-order valence-electron chi connectivity index (χ3n) is 0.513. The zero-order valence-electron chi connectivity index (χ0n) is 4.43. The van der Waals surface area contributed by atoms with Gasteiger partial charge in [-0.1, -0.05) is 0 Å². The standard InChI is InChI=1S/C4H5FN2O2/c5-3(4(6)9)1-7-2-8/h1-2H,(H2,6,9)(H,7,8). The van der Waals surface area contributed by atoms with Gasteiger partial charge in [-0.05, 0) is 0 Å². The van der Waals surface area contributed by atoms with Crippen molar-refractivity contribution < 1.29 is 14.0 Å². The largest absolute Gasteiger partial charge is 0.364 e. The number of rotatable bonds is 3. The normalized spacial score (nSPS) is 10.6. The molecular formula is C4H5FN2O2. The first-order valence-electron chi connectivity index (χ1n) is 2.03. The summed E-state index contributed by atoms with van der Waals surface area (Å²) in [5, 5.41) is 1.81. The Kier molecular flexibility index (Phi) is 3.04. The van der Waals surface area contributed by atoms with E-state index in [4.69, 9.17) is 0 Å². The van der Waals surface area contributed by atoms with E-state index in [-0.39, 0.29) is 6.41 Å². The number of nitrogens with two attached hydrogens (primary N) is 1. The first-order chi connectivity index (χ1) is 4.18. The van der Waals surface area contributed by atoms with E-state index in [1.165, 1.54) is 0 Å². The lowest BCUT2D eigenvalue weighted by molar-refractivity contribution is -0.115. The van der Waals surface area contributed by atoms with Gasteiger partial charge in [-0.15, -0.1) is 0 Å². The topological polar surface area (TPSA) is 72.2 Å². The maximum absolute atomic E-state index is 11.9. The molecule has 0 aromatic heterocycles. The smallest absolute Gasteiger partial charge is 0.278 e. The lowest BCUT2D eigenvalue weighted by atomic mass is 10.5. The van der Waals surface area contributed by atoms with Crippen LogP contribution in [0, 0.1) is 0 Å². The Morgan fingerprint density at radius 2 is 2.22 bits per heavy atom. The van der Waals surface area contributed by atoms with Crippen LogP contribution in [0.2, 0.25) is 0 Å². The van der Waals surface area contributed by atoms with Gasteiger partial charge in [-0.2, -0.15) is 4.39 Å². The van der Waals surface area contributed by atoms with Gasteiger partial charge in [0.05, 0.1) is 0 Å². The van der Waals surface area contributed by atoms with Crippen molar-refractivity contribution in [2.45, 2.75) is 0 Å². The number of nitrogens with one attached hydrogen (secondary N) is 1. The van der Waals surface area contributed by atoms with Crippen LogP contribution < -0.4 is 11.1 Å². The van der Waals surface area contributed by atoms with E-state index in [1.54, 1.807) is 0 Å². The fourth-order valence-corrected chi connectivity index (χ4v) is 0.178. The van der Waals surface area contributed by atoms with Gasteiger partial charge in [-0.25, -0.2) is 0 Å². The Balaban J connectivity index is 3.83. The minimum Gasteiger partial charge on any atom is -0.364 e. The molecule has 5 heteroatoms. The molecule has 0 heterocycles. The molecule has 2 amide bonds. The van der Waals surface area contributed by atoms with Crippen molar-refractivity contribution in [3.63, 3.8) is 0 Å². The number of carbonyl (C=O) groups excluding carboxylic acids is 2. The Bertz CT molecular complexity index is 155. The quantitative estimate of drug-likeness (QED) is 0.383. The molecule has 0 unspecified atom stereocenters. The first kappa shape index (κ1) is 7.61. The first-order valence-corrected chi connectivity index (χ1v) is 2.03. The fraction of sp³-hybridized carbons (Fsp3) is 0. The highest BCUT2D eigenvalue weighted by atomic mass is 19.1. The second-order valence-corrected chi connectivity index (χ2v) is 1.14. The highest BCUT2D eigenvalue weighted by Crippen LogP contribution is 1.88. The SMILES string of the molecule is NC(=O)C(F)=CNC=O. The molecule has 0 saturated carbocycles. The van der Waals surface area contributed by atoms with Gasteiger partial charge in [0.25, 0.3) is 5.91 Å². The van der Waals surface area contributed by atoms with E-state index in [1.807, 2.05) is 5.32 Å². The maximum atomic E-state index is 11.9. The molecule has 0 bridgehead atoms. The number of carbonyl (C=O) groups is 2. The minimum atomic E-state index is -1.20. The van der Waals surface area contributed by atoms with Crippen LogP contribution in [-0.4, -0.2) is 12.3 Å². The Labute approximate surface area is 50.5 Å². The Morgan fingerprint density at radius 1 is 1.67 bits per heavy atom. The van der Waals surface area contributed by atoms with Crippen molar-refractivity contribution in [1.82, 2.24) is 5.32 Å². The molecule has 0 saturated heterocycles. The molecule has 0 rings (SSSR count). The third kappa shape index (κ3) is 3.22. The monoisotopic (exact) mass is 132 g/mol. The summed E-state index contributed by atoms with van der Waals surface area (Å²) in [6.45, 7) is 0. The molecule has 0 aliphatic carbocycles. The average Bonchev–Trinajstić information content (AvgIpc) is 1.82.